The molecule has 0 spiro atoms. The summed E-state index contributed by atoms with van der Waals surface area (Å²) in [6.45, 7) is 34.8. The quantitative estimate of drug-likeness (QED) is 0.132. The number of aryl methyl sites for hydroxylation is 4. The van der Waals surface area contributed by atoms with Gasteiger partial charge in [-0.25, -0.2) is 0 Å². The van der Waals surface area contributed by atoms with Crippen LogP contribution < -0.4 is 15.1 Å². The molecule has 0 fully saturated rings. The Morgan fingerprint density at radius 1 is 0.396 bits per heavy atom. The Morgan fingerprint density at radius 3 is 1.00 bits per heavy atom. The summed E-state index contributed by atoms with van der Waals surface area (Å²) in [6.07, 6.45) is 0. The first-order valence-electron chi connectivity index (χ1n) is 18.4. The number of benzene rings is 4. The first kappa shape index (κ1) is 43.4. The molecule has 6 nitrogen and oxygen atoms in total. The average Bonchev–Trinajstić information content (AvgIpc) is 3.02. The molecular weight excluding hydrogens is 842 g/mol. The first-order chi connectivity index (χ1) is 24.4. The Kier molecular flexibility index (Phi) is 14.1. The normalized spacial score (nSPS) is 12.7. The van der Waals surface area contributed by atoms with Gasteiger partial charge >= 0.3 is 340 Å². The minimum absolute atomic E-state index is 0.0954. The second-order valence-electron chi connectivity index (χ2n) is 18.2. The summed E-state index contributed by atoms with van der Waals surface area (Å²) >= 11 is -8.27. The van der Waals surface area contributed by atoms with E-state index in [1.54, 1.807) is 0 Å². The van der Waals surface area contributed by atoms with Gasteiger partial charge in [-0.05, 0) is 0 Å². The van der Waals surface area contributed by atoms with Crippen molar-refractivity contribution in [2.24, 2.45) is 0 Å². The van der Waals surface area contributed by atoms with Gasteiger partial charge in [-0.3, -0.25) is 0 Å². The predicted octanol–water partition coefficient (Wildman–Crippen LogP) is 11.3. The van der Waals surface area contributed by atoms with Gasteiger partial charge in [0.15, 0.2) is 0 Å². The zero-order chi connectivity index (χ0) is 39.5. The summed E-state index contributed by atoms with van der Waals surface area (Å²) in [7, 11) is 0. The van der Waals surface area contributed by atoms with Crippen LogP contribution in [0.3, 0.4) is 0 Å². The molecule has 0 bridgehead atoms. The van der Waals surface area contributed by atoms with Gasteiger partial charge in [0.25, 0.3) is 0 Å². The molecule has 0 unspecified atom stereocenters. The summed E-state index contributed by atoms with van der Waals surface area (Å²) in [5.41, 5.74) is 8.53. The molecule has 0 atom stereocenters. The van der Waals surface area contributed by atoms with Gasteiger partial charge in [0.05, 0.1) is 0 Å². The maximum atomic E-state index is 7.01. The number of rotatable bonds is 12. The van der Waals surface area contributed by atoms with Gasteiger partial charge < -0.3 is 0 Å². The van der Waals surface area contributed by atoms with Gasteiger partial charge in [0.2, 0.25) is 0 Å². The molecule has 9 heteroatoms. The number of hydrogen-bond acceptors (Lipinski definition) is 6. The Balaban J connectivity index is 1.79. The van der Waals surface area contributed by atoms with E-state index in [9.17, 15) is 0 Å². The molecule has 0 aliphatic rings. The van der Waals surface area contributed by atoms with Gasteiger partial charge in [-0.2, -0.15) is 0 Å². The molecule has 4 aromatic rings. The van der Waals surface area contributed by atoms with E-state index in [1.165, 1.54) is 22.3 Å². The van der Waals surface area contributed by atoms with Crippen molar-refractivity contribution in [2.75, 3.05) is 0 Å². The van der Waals surface area contributed by atoms with E-state index in [0.717, 1.165) is 45.3 Å². The summed E-state index contributed by atoms with van der Waals surface area (Å²) in [6, 6.07) is 25.2. The van der Waals surface area contributed by atoms with Gasteiger partial charge in [-0.15, -0.1) is 0 Å². The molecule has 0 amide bonds. The molecular formula is C44H60Ge3O6. The molecule has 0 saturated carbocycles. The van der Waals surface area contributed by atoms with E-state index in [0.29, 0.717) is 0 Å². The summed E-state index contributed by atoms with van der Waals surface area (Å²) in [5.74, 6) is 3.10. The van der Waals surface area contributed by atoms with Crippen molar-refractivity contribution in [3.63, 3.8) is 0 Å². The summed E-state index contributed by atoms with van der Waals surface area (Å²) < 4.78 is 40.9. The van der Waals surface area contributed by atoms with Crippen LogP contribution in [0, 0.1) is 27.7 Å². The third-order valence-electron chi connectivity index (χ3n) is 8.80. The van der Waals surface area contributed by atoms with Crippen LogP contribution in [0.2, 0.25) is 0 Å². The van der Waals surface area contributed by atoms with E-state index in [1.807, 2.05) is 24.3 Å². The second kappa shape index (κ2) is 17.2. The fraction of sp³-hybridized carbons (Fsp3) is 0.455. The van der Waals surface area contributed by atoms with Crippen molar-refractivity contribution in [3.8, 4) is 23.0 Å². The molecule has 4 radical (unpaired) electrons. The molecule has 0 aromatic heterocycles. The zero-order valence-electron chi connectivity index (χ0n) is 34.9. The van der Waals surface area contributed by atoms with Crippen molar-refractivity contribution in [1.29, 1.82) is 0 Å². The van der Waals surface area contributed by atoms with Gasteiger partial charge in [0, 0.05) is 0 Å². The standard InChI is InChI=1S/C44H60Ge3O6/c1-29-17-21-37(33(25-29)41(5,6)7)48-45-52-47(51-40-24-20-32(4)28-36(40)44(14,15)16)53-46(49-38-22-18-30(2)26-34(38)42(8,9)10)50-39-23-19-31(3)27-35(39)43(11,12)13/h17-28H,1-16H3. The predicted molar refractivity (Wildman–Crippen MR) is 221 cm³/mol. The van der Waals surface area contributed by atoms with Crippen molar-refractivity contribution < 1.29 is 20.6 Å². The van der Waals surface area contributed by atoms with Crippen molar-refractivity contribution in [3.05, 3.63) is 117 Å². The Hall–Kier alpha value is -2.37. The molecule has 0 heterocycles. The maximum absolute atomic E-state index is 7.01. The Bertz CT molecular complexity index is 1800. The molecule has 0 aliphatic carbocycles. The van der Waals surface area contributed by atoms with E-state index in [-0.39, 0.29) is 21.7 Å². The molecule has 53 heavy (non-hydrogen) atoms. The van der Waals surface area contributed by atoms with Crippen LogP contribution >= 0.6 is 0 Å². The molecule has 0 saturated heterocycles. The van der Waals surface area contributed by atoms with Crippen LogP contribution in [0.4, 0.5) is 0 Å². The van der Waals surface area contributed by atoms with Gasteiger partial charge in [0.1, 0.15) is 0 Å². The van der Waals surface area contributed by atoms with Crippen LogP contribution in [0.5, 0.6) is 23.0 Å². The molecule has 0 aliphatic heterocycles. The average molecular weight is 903 g/mol. The Labute approximate surface area is 338 Å². The van der Waals surface area contributed by atoms with Crippen LogP contribution in [0.1, 0.15) is 128 Å². The Morgan fingerprint density at radius 2 is 0.679 bits per heavy atom. The fourth-order valence-corrected chi connectivity index (χ4v) is 17.0. The van der Waals surface area contributed by atoms with Crippen LogP contribution in [-0.4, -0.2) is 46.8 Å². The van der Waals surface area contributed by atoms with E-state index < -0.39 is 46.8 Å². The third-order valence-corrected chi connectivity index (χ3v) is 19.4. The van der Waals surface area contributed by atoms with Crippen LogP contribution in [-0.2, 0) is 27.2 Å². The third kappa shape index (κ3) is 12.3. The summed E-state index contributed by atoms with van der Waals surface area (Å²) in [4.78, 5) is 0. The molecule has 284 valence electrons. The summed E-state index contributed by atoms with van der Waals surface area (Å²) in [5, 5.41) is 0. The molecule has 4 rings (SSSR count). The monoisotopic (exact) mass is 906 g/mol. The first-order valence-corrected chi connectivity index (χ1v) is 25.3. The topological polar surface area (TPSA) is 55.4 Å². The number of hydrogen-bond donors (Lipinski definition) is 0. The minimum atomic E-state index is -3.43. The molecule has 4 aromatic carbocycles. The van der Waals surface area contributed by atoms with E-state index in [4.69, 9.17) is 20.6 Å². The van der Waals surface area contributed by atoms with Crippen molar-refractivity contribution in [1.82, 2.24) is 0 Å². The van der Waals surface area contributed by atoms with Crippen molar-refractivity contribution >= 4 is 46.8 Å². The fourth-order valence-electron chi connectivity index (χ4n) is 5.84. The van der Waals surface area contributed by atoms with E-state index in [2.05, 4.69) is 159 Å². The van der Waals surface area contributed by atoms with Crippen LogP contribution in [0.15, 0.2) is 72.8 Å². The molecule has 0 N–H and O–H groups in total. The van der Waals surface area contributed by atoms with E-state index >= 15 is 0 Å². The van der Waals surface area contributed by atoms with Crippen LogP contribution in [0.25, 0.3) is 0 Å². The second-order valence-corrected chi connectivity index (χ2v) is 27.7. The SMILES string of the molecule is Cc1ccc([O][Ge][O][Ge]([O]c2ccc(C)cc2C(C)(C)C)[O][Ge]([O]c2ccc(C)cc2C(C)(C)C)[O]c2ccc(C)cc2C(C)(C)C)c(C(C)(C)C)c1. The van der Waals surface area contributed by atoms with Gasteiger partial charge in [-0.1, -0.05) is 0 Å². The van der Waals surface area contributed by atoms with Crippen molar-refractivity contribution in [2.45, 2.75) is 132 Å². The zero-order valence-corrected chi connectivity index (χ0v) is 41.2.